The van der Waals surface area contributed by atoms with Crippen LogP contribution in [0.1, 0.15) is 27.0 Å². The Morgan fingerprint density at radius 3 is 2.76 bits per heavy atom. The van der Waals surface area contributed by atoms with Crippen molar-refractivity contribution in [2.75, 3.05) is 13.6 Å². The number of carbonyl (C=O) groups is 1. The van der Waals surface area contributed by atoms with Crippen LogP contribution in [-0.2, 0) is 19.5 Å². The molecule has 0 spiro atoms. The molecule has 3 nitrogen and oxygen atoms in total. The second-order valence-electron chi connectivity index (χ2n) is 5.52. The highest BCUT2D eigenvalue weighted by Gasteiger charge is 2.19. The molecule has 1 aliphatic heterocycles. The van der Waals surface area contributed by atoms with E-state index < -0.39 is 0 Å². The summed E-state index contributed by atoms with van der Waals surface area (Å²) in [5, 5.41) is 3.35. The zero-order valence-electron chi connectivity index (χ0n) is 12.3. The Morgan fingerprint density at radius 2 is 1.95 bits per heavy atom. The summed E-state index contributed by atoms with van der Waals surface area (Å²) in [6.07, 6.45) is 0.999. The van der Waals surface area contributed by atoms with Gasteiger partial charge in [-0.25, -0.2) is 0 Å². The van der Waals surface area contributed by atoms with Crippen molar-refractivity contribution in [1.82, 2.24) is 10.2 Å². The van der Waals surface area contributed by atoms with Crippen LogP contribution in [0.3, 0.4) is 0 Å². The van der Waals surface area contributed by atoms with Crippen LogP contribution in [0, 0.1) is 0 Å². The van der Waals surface area contributed by atoms with Crippen LogP contribution in [0.5, 0.6) is 0 Å². The number of rotatable bonds is 3. The van der Waals surface area contributed by atoms with Gasteiger partial charge in [0.25, 0.3) is 5.91 Å². The van der Waals surface area contributed by atoms with Crippen LogP contribution in [0.15, 0.2) is 48.5 Å². The fourth-order valence-electron chi connectivity index (χ4n) is 2.85. The van der Waals surface area contributed by atoms with Crippen LogP contribution in [0.4, 0.5) is 0 Å². The third kappa shape index (κ3) is 2.98. The van der Waals surface area contributed by atoms with E-state index in [2.05, 4.69) is 11.4 Å². The zero-order chi connectivity index (χ0) is 14.7. The number of benzene rings is 2. The van der Waals surface area contributed by atoms with Crippen LogP contribution in [-0.4, -0.2) is 24.4 Å². The summed E-state index contributed by atoms with van der Waals surface area (Å²) in [4.78, 5) is 14.5. The van der Waals surface area contributed by atoms with Gasteiger partial charge < -0.3 is 10.2 Å². The van der Waals surface area contributed by atoms with Crippen molar-refractivity contribution < 1.29 is 4.79 Å². The van der Waals surface area contributed by atoms with Gasteiger partial charge in [0.15, 0.2) is 0 Å². The lowest BCUT2D eigenvalue weighted by molar-refractivity contribution is 0.0783. The number of carbonyl (C=O) groups excluding carboxylic acids is 1. The molecule has 2 aromatic rings. The summed E-state index contributed by atoms with van der Waals surface area (Å²) >= 11 is 0. The van der Waals surface area contributed by atoms with Crippen LogP contribution < -0.4 is 5.32 Å². The van der Waals surface area contributed by atoms with E-state index in [-0.39, 0.29) is 5.91 Å². The normalized spacial score (nSPS) is 13.6. The highest BCUT2D eigenvalue weighted by Crippen LogP contribution is 2.20. The standard InChI is InChI=1S/C18H20N2O/c1-20(13-14-6-3-2-4-7-14)18(21)16-9-5-8-15-10-11-19-12-17(15)16/h2-9,19H,10-13H2,1H3. The maximum atomic E-state index is 12.7. The SMILES string of the molecule is CN(Cc1ccccc1)C(=O)c1cccc2c1CNCC2. The Balaban J connectivity index is 1.82. The van der Waals surface area contributed by atoms with Crippen molar-refractivity contribution in [3.63, 3.8) is 0 Å². The molecule has 3 heteroatoms. The Morgan fingerprint density at radius 1 is 1.14 bits per heavy atom. The van der Waals surface area contributed by atoms with Crippen LogP contribution in [0.25, 0.3) is 0 Å². The molecular weight excluding hydrogens is 260 g/mol. The molecule has 0 aliphatic carbocycles. The first-order chi connectivity index (χ1) is 10.3. The molecule has 0 bridgehead atoms. The Hall–Kier alpha value is -2.13. The van der Waals surface area contributed by atoms with Gasteiger partial charge in [0, 0.05) is 25.7 Å². The number of fused-ring (bicyclic) bond motifs is 1. The van der Waals surface area contributed by atoms with E-state index in [4.69, 9.17) is 0 Å². The van der Waals surface area contributed by atoms with Crippen LogP contribution in [0.2, 0.25) is 0 Å². The average Bonchev–Trinajstić information content (AvgIpc) is 2.54. The fraction of sp³-hybridized carbons (Fsp3) is 0.278. The van der Waals surface area contributed by atoms with Crippen LogP contribution >= 0.6 is 0 Å². The minimum Gasteiger partial charge on any atom is -0.337 e. The van der Waals surface area contributed by atoms with E-state index in [1.807, 2.05) is 49.5 Å². The summed E-state index contributed by atoms with van der Waals surface area (Å²) < 4.78 is 0. The first-order valence-corrected chi connectivity index (χ1v) is 7.36. The topological polar surface area (TPSA) is 32.3 Å². The maximum absolute atomic E-state index is 12.7. The quantitative estimate of drug-likeness (QED) is 0.937. The smallest absolute Gasteiger partial charge is 0.254 e. The second kappa shape index (κ2) is 6.10. The molecular formula is C18H20N2O. The van der Waals surface area contributed by atoms with Crippen molar-refractivity contribution in [1.29, 1.82) is 0 Å². The first kappa shape index (κ1) is 13.8. The van der Waals surface area contributed by atoms with E-state index in [1.165, 1.54) is 5.56 Å². The van der Waals surface area contributed by atoms with Crippen molar-refractivity contribution in [3.8, 4) is 0 Å². The van der Waals surface area contributed by atoms with E-state index in [0.717, 1.165) is 36.2 Å². The number of hydrogen-bond donors (Lipinski definition) is 1. The van der Waals surface area contributed by atoms with Gasteiger partial charge in [-0.2, -0.15) is 0 Å². The van der Waals surface area contributed by atoms with Gasteiger partial charge in [-0.1, -0.05) is 42.5 Å². The molecule has 0 unspecified atom stereocenters. The average molecular weight is 280 g/mol. The van der Waals surface area contributed by atoms with Crippen molar-refractivity contribution >= 4 is 5.91 Å². The van der Waals surface area contributed by atoms with Gasteiger partial charge in [-0.15, -0.1) is 0 Å². The Labute approximate surface area is 125 Å². The molecule has 1 aliphatic rings. The Bertz CT molecular complexity index is 637. The third-order valence-corrected chi connectivity index (χ3v) is 3.99. The molecule has 0 atom stereocenters. The predicted octanol–water partition coefficient (Wildman–Crippen LogP) is 2.60. The number of hydrogen-bond acceptors (Lipinski definition) is 2. The lowest BCUT2D eigenvalue weighted by Gasteiger charge is -2.23. The number of nitrogens with zero attached hydrogens (tertiary/aromatic N) is 1. The molecule has 2 aromatic carbocycles. The maximum Gasteiger partial charge on any atom is 0.254 e. The molecule has 108 valence electrons. The molecule has 0 saturated heterocycles. The third-order valence-electron chi connectivity index (χ3n) is 3.99. The second-order valence-corrected chi connectivity index (χ2v) is 5.52. The van der Waals surface area contributed by atoms with E-state index >= 15 is 0 Å². The Kier molecular flexibility index (Phi) is 4.02. The summed E-state index contributed by atoms with van der Waals surface area (Å²) in [6, 6.07) is 16.2. The van der Waals surface area contributed by atoms with Gasteiger partial charge >= 0.3 is 0 Å². The fourth-order valence-corrected chi connectivity index (χ4v) is 2.85. The van der Waals surface area contributed by atoms with Crippen molar-refractivity contribution in [3.05, 3.63) is 70.8 Å². The minimum atomic E-state index is 0.0967. The van der Waals surface area contributed by atoms with Gasteiger partial charge in [0.1, 0.15) is 0 Å². The molecule has 1 N–H and O–H groups in total. The minimum absolute atomic E-state index is 0.0967. The van der Waals surface area contributed by atoms with E-state index in [9.17, 15) is 4.79 Å². The highest BCUT2D eigenvalue weighted by atomic mass is 16.2. The number of nitrogens with one attached hydrogen (secondary N) is 1. The molecule has 1 heterocycles. The zero-order valence-corrected chi connectivity index (χ0v) is 12.3. The van der Waals surface area contributed by atoms with Gasteiger partial charge in [-0.3, -0.25) is 4.79 Å². The summed E-state index contributed by atoms with van der Waals surface area (Å²) in [5.74, 6) is 0.0967. The number of amides is 1. The lowest BCUT2D eigenvalue weighted by Crippen LogP contribution is -2.31. The van der Waals surface area contributed by atoms with E-state index in [1.54, 1.807) is 4.90 Å². The van der Waals surface area contributed by atoms with Gasteiger partial charge in [0.05, 0.1) is 0 Å². The molecule has 0 fully saturated rings. The monoisotopic (exact) mass is 280 g/mol. The molecule has 0 aromatic heterocycles. The van der Waals surface area contributed by atoms with Crippen molar-refractivity contribution in [2.45, 2.75) is 19.5 Å². The van der Waals surface area contributed by atoms with Gasteiger partial charge in [0.2, 0.25) is 0 Å². The first-order valence-electron chi connectivity index (χ1n) is 7.36. The lowest BCUT2D eigenvalue weighted by atomic mass is 9.95. The molecule has 0 saturated carbocycles. The summed E-state index contributed by atoms with van der Waals surface area (Å²) in [5.41, 5.74) is 4.44. The summed E-state index contributed by atoms with van der Waals surface area (Å²) in [7, 11) is 1.87. The molecule has 1 amide bonds. The van der Waals surface area contributed by atoms with Gasteiger partial charge in [-0.05, 0) is 35.7 Å². The predicted molar refractivity (Wildman–Crippen MR) is 84.1 cm³/mol. The molecule has 0 radical (unpaired) electrons. The summed E-state index contributed by atoms with van der Waals surface area (Å²) in [6.45, 7) is 2.41. The molecule has 21 heavy (non-hydrogen) atoms. The molecule has 3 rings (SSSR count). The highest BCUT2D eigenvalue weighted by molar-refractivity contribution is 5.96. The largest absolute Gasteiger partial charge is 0.337 e. The van der Waals surface area contributed by atoms with Crippen molar-refractivity contribution in [2.24, 2.45) is 0 Å². The van der Waals surface area contributed by atoms with E-state index in [0.29, 0.717) is 6.54 Å².